The molecule has 176 valence electrons. The average Bonchev–Trinajstić information content (AvgIpc) is 2.78. The van der Waals surface area contributed by atoms with Gasteiger partial charge in [0.1, 0.15) is 18.1 Å². The number of carbonyl (C=O) groups is 1. The summed E-state index contributed by atoms with van der Waals surface area (Å²) in [5, 5.41) is 2.76. The van der Waals surface area contributed by atoms with Crippen LogP contribution in [-0.2, 0) is 14.8 Å². The van der Waals surface area contributed by atoms with Crippen LogP contribution in [0.4, 0.5) is 5.69 Å². The zero-order chi connectivity index (χ0) is 23.4. The number of rotatable bonds is 14. The summed E-state index contributed by atoms with van der Waals surface area (Å²) in [5.74, 6) is 1.05. The number of carbonyl (C=O) groups excluding carboxylic acids is 1. The van der Waals surface area contributed by atoms with Gasteiger partial charge in [-0.05, 0) is 68.5 Å². The van der Waals surface area contributed by atoms with Gasteiger partial charge >= 0.3 is 0 Å². The molecule has 1 amide bonds. The normalized spacial score (nSPS) is 11.4. The van der Waals surface area contributed by atoms with E-state index in [4.69, 9.17) is 9.47 Å². The summed E-state index contributed by atoms with van der Waals surface area (Å²) < 4.78 is 38.2. The summed E-state index contributed by atoms with van der Waals surface area (Å²) in [6, 6.07) is 13.3. The van der Waals surface area contributed by atoms with Crippen LogP contribution in [0.2, 0.25) is 0 Å². The fourth-order valence-corrected chi connectivity index (χ4v) is 3.99. The van der Waals surface area contributed by atoms with Crippen molar-refractivity contribution in [2.24, 2.45) is 0 Å². The molecule has 0 radical (unpaired) electrons. The Morgan fingerprint density at radius 1 is 0.906 bits per heavy atom. The van der Waals surface area contributed by atoms with Crippen LogP contribution in [-0.4, -0.2) is 58.6 Å². The molecule has 0 aromatic heterocycles. The molecule has 0 fully saturated rings. The van der Waals surface area contributed by atoms with E-state index in [2.05, 4.69) is 28.8 Å². The number of benzene rings is 2. The van der Waals surface area contributed by atoms with Gasteiger partial charge in [0.15, 0.2) is 0 Å². The predicted molar refractivity (Wildman–Crippen MR) is 126 cm³/mol. The van der Waals surface area contributed by atoms with Crippen LogP contribution in [0.5, 0.6) is 11.5 Å². The first-order valence-electron chi connectivity index (χ1n) is 10.9. The number of hydrogen-bond acceptors (Lipinski definition) is 6. The highest BCUT2D eigenvalue weighted by Crippen LogP contribution is 2.17. The zero-order valence-electron chi connectivity index (χ0n) is 19.0. The van der Waals surface area contributed by atoms with E-state index in [0.29, 0.717) is 24.7 Å². The third kappa shape index (κ3) is 8.49. The maximum absolute atomic E-state index is 12.3. The molecule has 0 atom stereocenters. The van der Waals surface area contributed by atoms with Crippen molar-refractivity contribution in [3.63, 3.8) is 0 Å². The Morgan fingerprint density at radius 3 is 2.09 bits per heavy atom. The van der Waals surface area contributed by atoms with Gasteiger partial charge in [-0.3, -0.25) is 4.79 Å². The molecule has 0 bridgehead atoms. The first kappa shape index (κ1) is 25.6. The van der Waals surface area contributed by atoms with Crippen LogP contribution in [0.3, 0.4) is 0 Å². The molecule has 0 aliphatic carbocycles. The van der Waals surface area contributed by atoms with Gasteiger partial charge < -0.3 is 19.7 Å². The van der Waals surface area contributed by atoms with E-state index >= 15 is 0 Å². The molecule has 0 aliphatic heterocycles. The average molecular weight is 464 g/mol. The Balaban J connectivity index is 1.75. The van der Waals surface area contributed by atoms with Crippen LogP contribution < -0.4 is 19.5 Å². The largest absolute Gasteiger partial charge is 0.494 e. The van der Waals surface area contributed by atoms with Gasteiger partial charge in [-0.15, -0.1) is 0 Å². The van der Waals surface area contributed by atoms with Gasteiger partial charge in [0.2, 0.25) is 15.9 Å². The fraction of sp³-hybridized carbons (Fsp3) is 0.435. The van der Waals surface area contributed by atoms with E-state index < -0.39 is 10.0 Å². The van der Waals surface area contributed by atoms with Gasteiger partial charge in [0.05, 0.1) is 11.5 Å². The van der Waals surface area contributed by atoms with Crippen molar-refractivity contribution in [1.82, 2.24) is 9.62 Å². The summed E-state index contributed by atoms with van der Waals surface area (Å²) in [7, 11) is -3.69. The molecule has 0 saturated heterocycles. The lowest BCUT2D eigenvalue weighted by molar-refractivity contribution is -0.116. The van der Waals surface area contributed by atoms with E-state index in [1.54, 1.807) is 36.4 Å². The van der Waals surface area contributed by atoms with E-state index in [0.717, 1.165) is 25.4 Å². The number of amides is 1. The molecule has 0 aliphatic rings. The third-order valence-corrected chi connectivity index (χ3v) is 6.27. The summed E-state index contributed by atoms with van der Waals surface area (Å²) in [6.45, 7) is 10.0. The predicted octanol–water partition coefficient (Wildman–Crippen LogP) is 3.11. The molecule has 32 heavy (non-hydrogen) atoms. The zero-order valence-corrected chi connectivity index (χ0v) is 19.8. The number of sulfonamides is 1. The molecule has 2 aromatic carbocycles. The van der Waals surface area contributed by atoms with Crippen LogP contribution in [0.1, 0.15) is 27.2 Å². The standard InChI is InChI=1S/C23H33N3O5S/c1-4-26(5-2)17-18-31-21-9-7-19(8-10-21)25-23(27)15-16-24-32(28,29)22-13-11-20(12-14-22)30-6-3/h7-14,24H,4-6,15-18H2,1-3H3,(H,25,27). The topological polar surface area (TPSA) is 97.0 Å². The van der Waals surface area contributed by atoms with Crippen molar-refractivity contribution in [2.75, 3.05) is 44.7 Å². The highest BCUT2D eigenvalue weighted by molar-refractivity contribution is 7.89. The summed E-state index contributed by atoms with van der Waals surface area (Å²) in [6.07, 6.45) is 0.0123. The van der Waals surface area contributed by atoms with Crippen molar-refractivity contribution >= 4 is 21.6 Å². The Hall–Kier alpha value is -2.62. The van der Waals surface area contributed by atoms with E-state index in [9.17, 15) is 13.2 Å². The Morgan fingerprint density at radius 2 is 1.50 bits per heavy atom. The Kier molecular flexibility index (Phi) is 10.5. The molecule has 0 spiro atoms. The van der Waals surface area contributed by atoms with Crippen molar-refractivity contribution in [3.05, 3.63) is 48.5 Å². The minimum atomic E-state index is -3.69. The second kappa shape index (κ2) is 13.0. The maximum Gasteiger partial charge on any atom is 0.240 e. The monoisotopic (exact) mass is 463 g/mol. The second-order valence-corrected chi connectivity index (χ2v) is 8.77. The van der Waals surface area contributed by atoms with Gasteiger partial charge in [0, 0.05) is 25.2 Å². The number of nitrogens with zero attached hydrogens (tertiary/aromatic N) is 1. The van der Waals surface area contributed by atoms with Crippen molar-refractivity contribution < 1.29 is 22.7 Å². The highest BCUT2D eigenvalue weighted by atomic mass is 32.2. The van der Waals surface area contributed by atoms with Gasteiger partial charge in [-0.25, -0.2) is 13.1 Å². The van der Waals surface area contributed by atoms with Crippen LogP contribution >= 0.6 is 0 Å². The van der Waals surface area contributed by atoms with E-state index in [1.165, 1.54) is 12.1 Å². The molecular weight excluding hydrogens is 430 g/mol. The minimum absolute atomic E-state index is 0.00602. The van der Waals surface area contributed by atoms with Gasteiger partial charge in [0.25, 0.3) is 0 Å². The number of ether oxygens (including phenoxy) is 2. The van der Waals surface area contributed by atoms with Crippen LogP contribution in [0.15, 0.2) is 53.4 Å². The van der Waals surface area contributed by atoms with E-state index in [-0.39, 0.29) is 23.8 Å². The Bertz CT molecular complexity index is 927. The summed E-state index contributed by atoms with van der Waals surface area (Å²) >= 11 is 0. The van der Waals surface area contributed by atoms with Crippen molar-refractivity contribution in [1.29, 1.82) is 0 Å². The molecular formula is C23H33N3O5S. The summed E-state index contributed by atoms with van der Waals surface area (Å²) in [4.78, 5) is 14.5. The lowest BCUT2D eigenvalue weighted by Crippen LogP contribution is -2.28. The molecule has 0 heterocycles. The van der Waals surface area contributed by atoms with E-state index in [1.807, 2.05) is 6.92 Å². The molecule has 0 unspecified atom stereocenters. The molecule has 2 rings (SSSR count). The number of nitrogens with one attached hydrogen (secondary N) is 2. The quantitative estimate of drug-likeness (QED) is 0.447. The maximum atomic E-state index is 12.3. The minimum Gasteiger partial charge on any atom is -0.494 e. The molecule has 2 N–H and O–H groups in total. The summed E-state index contributed by atoms with van der Waals surface area (Å²) in [5.41, 5.74) is 0.625. The lowest BCUT2D eigenvalue weighted by atomic mass is 10.3. The molecule has 8 nitrogen and oxygen atoms in total. The van der Waals surface area contributed by atoms with Crippen molar-refractivity contribution in [2.45, 2.75) is 32.1 Å². The molecule has 0 saturated carbocycles. The molecule has 9 heteroatoms. The van der Waals surface area contributed by atoms with Crippen LogP contribution in [0, 0.1) is 0 Å². The number of hydrogen-bond donors (Lipinski definition) is 2. The van der Waals surface area contributed by atoms with Crippen molar-refractivity contribution in [3.8, 4) is 11.5 Å². The number of anilines is 1. The highest BCUT2D eigenvalue weighted by Gasteiger charge is 2.14. The molecule has 2 aromatic rings. The smallest absolute Gasteiger partial charge is 0.240 e. The Labute approximate surface area is 191 Å². The van der Waals surface area contributed by atoms with Gasteiger partial charge in [-0.2, -0.15) is 0 Å². The second-order valence-electron chi connectivity index (χ2n) is 7.00. The number of likely N-dealkylation sites (N-methyl/N-ethyl adjacent to an activating group) is 1. The third-order valence-electron chi connectivity index (χ3n) is 4.80. The fourth-order valence-electron chi connectivity index (χ4n) is 2.95. The lowest BCUT2D eigenvalue weighted by Gasteiger charge is -2.18. The SMILES string of the molecule is CCOc1ccc(S(=O)(=O)NCCC(=O)Nc2ccc(OCCN(CC)CC)cc2)cc1. The van der Waals surface area contributed by atoms with Gasteiger partial charge in [-0.1, -0.05) is 13.8 Å². The first-order valence-corrected chi connectivity index (χ1v) is 12.3. The first-order chi connectivity index (χ1) is 15.4. The van der Waals surface area contributed by atoms with Crippen LogP contribution in [0.25, 0.3) is 0 Å².